The van der Waals surface area contributed by atoms with E-state index in [1.807, 2.05) is 30.3 Å². The number of H-pyrrole nitrogens is 1. The van der Waals surface area contributed by atoms with Gasteiger partial charge in [0.25, 0.3) is 0 Å². The summed E-state index contributed by atoms with van der Waals surface area (Å²) in [6, 6.07) is 17.8. The van der Waals surface area contributed by atoms with Gasteiger partial charge in [-0.05, 0) is 29.7 Å². The van der Waals surface area contributed by atoms with Gasteiger partial charge in [-0.25, -0.2) is 23.5 Å². The maximum atomic E-state index is 14.8. The van der Waals surface area contributed by atoms with Gasteiger partial charge in [0.2, 0.25) is 0 Å². The van der Waals surface area contributed by atoms with Crippen molar-refractivity contribution in [2.45, 2.75) is 19.0 Å². The summed E-state index contributed by atoms with van der Waals surface area (Å²) in [7, 11) is 0. The number of carboxylic acids is 1. The van der Waals surface area contributed by atoms with Crippen LogP contribution < -0.4 is 5.32 Å². The molecule has 0 unspecified atom stereocenters. The van der Waals surface area contributed by atoms with Gasteiger partial charge in [-0.1, -0.05) is 41.6 Å². The number of hydrogen-bond acceptors (Lipinski definition) is 7. The lowest BCUT2D eigenvalue weighted by Crippen LogP contribution is -2.32. The molecule has 0 radical (unpaired) electrons. The first-order valence-electron chi connectivity index (χ1n) is 12.3. The normalized spacial score (nSPS) is 12.1. The summed E-state index contributed by atoms with van der Waals surface area (Å²) < 4.78 is 35.6. The van der Waals surface area contributed by atoms with E-state index in [1.54, 1.807) is 30.3 Å². The number of nitrogens with one attached hydrogen (secondary N) is 2. The summed E-state index contributed by atoms with van der Waals surface area (Å²) in [4.78, 5) is 23.6. The van der Waals surface area contributed by atoms with E-state index in [0.717, 1.165) is 17.1 Å². The number of benzene rings is 2. The van der Waals surface area contributed by atoms with Crippen molar-refractivity contribution in [3.63, 3.8) is 0 Å². The lowest BCUT2D eigenvalue weighted by molar-refractivity contribution is -0.137. The third kappa shape index (κ3) is 5.01. The Morgan fingerprint density at radius 2 is 1.88 bits per heavy atom. The zero-order valence-electron chi connectivity index (χ0n) is 20.8. The van der Waals surface area contributed by atoms with Crippen LogP contribution in [-0.4, -0.2) is 47.0 Å². The van der Waals surface area contributed by atoms with Gasteiger partial charge in [0, 0.05) is 29.3 Å². The van der Waals surface area contributed by atoms with E-state index < -0.39 is 23.6 Å². The first-order chi connectivity index (χ1) is 19.4. The summed E-state index contributed by atoms with van der Waals surface area (Å²) in [6.45, 7) is 0.0761. The molecule has 6 aromatic rings. The highest BCUT2D eigenvalue weighted by molar-refractivity contribution is 5.81. The van der Waals surface area contributed by atoms with E-state index in [0.29, 0.717) is 22.6 Å². The molecule has 0 bridgehead atoms. The molecule has 0 saturated carbocycles. The fourth-order valence-corrected chi connectivity index (χ4v) is 4.41. The van der Waals surface area contributed by atoms with Crippen LogP contribution in [0.2, 0.25) is 0 Å². The topological polar surface area (TPSA) is 135 Å². The molecule has 6 rings (SSSR count). The van der Waals surface area contributed by atoms with Crippen molar-refractivity contribution in [1.82, 2.24) is 29.9 Å². The number of carbonyl (C=O) groups is 1. The number of halogens is 2. The van der Waals surface area contributed by atoms with Gasteiger partial charge in [0.15, 0.2) is 17.5 Å². The highest BCUT2D eigenvalue weighted by atomic mass is 19.1. The summed E-state index contributed by atoms with van der Waals surface area (Å²) in [6.07, 6.45) is 2.39. The van der Waals surface area contributed by atoms with Crippen LogP contribution in [0.5, 0.6) is 0 Å². The van der Waals surface area contributed by atoms with Crippen molar-refractivity contribution >= 4 is 22.7 Å². The summed E-state index contributed by atoms with van der Waals surface area (Å²) in [5.41, 5.74) is 3.12. The summed E-state index contributed by atoms with van der Waals surface area (Å²) >= 11 is 0. The quantitative estimate of drug-likeness (QED) is 0.235. The van der Waals surface area contributed by atoms with Crippen molar-refractivity contribution in [2.24, 2.45) is 0 Å². The van der Waals surface area contributed by atoms with Gasteiger partial charge in [-0.15, -0.1) is 0 Å². The fraction of sp³-hybridized carbons (Fsp3) is 0.107. The van der Waals surface area contributed by atoms with Gasteiger partial charge in [-0.3, -0.25) is 4.68 Å². The van der Waals surface area contributed by atoms with Crippen LogP contribution in [0.15, 0.2) is 83.7 Å². The molecule has 200 valence electrons. The predicted octanol–water partition coefficient (Wildman–Crippen LogP) is 4.91. The van der Waals surface area contributed by atoms with Crippen molar-refractivity contribution in [1.29, 1.82) is 0 Å². The number of rotatable bonds is 9. The number of fused-ring (bicyclic) bond motifs is 1. The first kappa shape index (κ1) is 24.9. The van der Waals surface area contributed by atoms with E-state index in [4.69, 9.17) is 4.52 Å². The van der Waals surface area contributed by atoms with Crippen LogP contribution in [0.25, 0.3) is 33.8 Å². The first-order valence-corrected chi connectivity index (χ1v) is 12.3. The maximum Gasteiger partial charge on any atom is 0.326 e. The molecule has 3 N–H and O–H groups in total. The second-order valence-electron chi connectivity index (χ2n) is 9.06. The molecule has 0 aliphatic heterocycles. The average molecular weight is 542 g/mol. The maximum absolute atomic E-state index is 14.8. The molecule has 2 aromatic carbocycles. The highest BCUT2D eigenvalue weighted by Crippen LogP contribution is 2.26. The van der Waals surface area contributed by atoms with Gasteiger partial charge >= 0.3 is 5.97 Å². The van der Waals surface area contributed by atoms with E-state index in [9.17, 15) is 18.7 Å². The van der Waals surface area contributed by atoms with Gasteiger partial charge < -0.3 is 19.9 Å². The Labute approximate surface area is 225 Å². The molecule has 0 saturated heterocycles. The number of anilines is 1. The molecule has 4 heterocycles. The van der Waals surface area contributed by atoms with Gasteiger partial charge in [0.05, 0.1) is 18.4 Å². The number of hydrogen-bond donors (Lipinski definition) is 3. The third-order valence-electron chi connectivity index (χ3n) is 6.35. The molecule has 0 aliphatic rings. The Bertz CT molecular complexity index is 1780. The monoisotopic (exact) mass is 541 g/mol. The Morgan fingerprint density at radius 3 is 2.65 bits per heavy atom. The molecule has 4 aromatic heterocycles. The molecule has 0 amide bonds. The highest BCUT2D eigenvalue weighted by Gasteiger charge is 2.23. The second-order valence-corrected chi connectivity index (χ2v) is 9.06. The van der Waals surface area contributed by atoms with Gasteiger partial charge in [-0.2, -0.15) is 5.10 Å². The van der Waals surface area contributed by atoms with E-state index in [-0.39, 0.29) is 30.3 Å². The van der Waals surface area contributed by atoms with E-state index in [1.165, 1.54) is 17.0 Å². The Balaban J connectivity index is 1.31. The molecule has 40 heavy (non-hydrogen) atoms. The molecular formula is C28H21F2N7O3. The lowest BCUT2D eigenvalue weighted by Gasteiger charge is -2.15. The zero-order valence-corrected chi connectivity index (χ0v) is 20.8. The van der Waals surface area contributed by atoms with E-state index >= 15 is 0 Å². The lowest BCUT2D eigenvalue weighted by atomic mass is 10.1. The minimum atomic E-state index is -1.19. The predicted molar refractivity (Wildman–Crippen MR) is 141 cm³/mol. The van der Waals surface area contributed by atoms with E-state index in [2.05, 4.69) is 30.5 Å². The fourth-order valence-electron chi connectivity index (χ4n) is 4.41. The Kier molecular flexibility index (Phi) is 6.48. The third-order valence-corrected chi connectivity index (χ3v) is 6.35. The molecule has 12 heteroatoms. The van der Waals surface area contributed by atoms with Gasteiger partial charge in [0.1, 0.15) is 29.5 Å². The van der Waals surface area contributed by atoms with Crippen molar-refractivity contribution in [3.8, 4) is 22.9 Å². The SMILES string of the molecule is O=C(O)[C@@H](Cc1cc2ccccc2[nH]1)Nc1nc(-c2cc(-c3ccon3)n(Cc3ccccc3F)n2)ncc1F. The standard InChI is InChI=1S/C28H21F2N7O3/c29-19-7-3-1-6-17(19)15-37-25(22-9-10-40-36-22)13-23(35-37)27-31-14-20(30)26(34-27)33-24(28(38)39)12-18-11-16-5-2-4-8-21(16)32-18/h1-11,13-14,24,32H,12,15H2,(H,38,39)(H,31,33,34)/t24-/m1/s1. The number of aromatic amines is 1. The minimum absolute atomic E-state index is 0.0377. The number of carboxylic acid groups (broad SMARTS) is 1. The molecule has 1 atom stereocenters. The second kappa shape index (κ2) is 10.4. The Hall–Kier alpha value is -5.39. The largest absolute Gasteiger partial charge is 0.480 e. The van der Waals surface area contributed by atoms with Crippen LogP contribution >= 0.6 is 0 Å². The van der Waals surface area contributed by atoms with Crippen LogP contribution in [-0.2, 0) is 17.8 Å². The van der Waals surface area contributed by atoms with Crippen molar-refractivity contribution in [3.05, 3.63) is 102 Å². The number of aromatic nitrogens is 6. The van der Waals surface area contributed by atoms with Crippen LogP contribution in [0.3, 0.4) is 0 Å². The van der Waals surface area contributed by atoms with Crippen molar-refractivity contribution in [2.75, 3.05) is 5.32 Å². The summed E-state index contributed by atoms with van der Waals surface area (Å²) in [5.74, 6) is -2.66. The molecule has 10 nitrogen and oxygen atoms in total. The Morgan fingerprint density at radius 1 is 1.05 bits per heavy atom. The minimum Gasteiger partial charge on any atom is -0.480 e. The number of para-hydroxylation sites is 1. The number of aliphatic carboxylic acids is 1. The number of nitrogens with zero attached hydrogens (tertiary/aromatic N) is 5. The molecule has 0 spiro atoms. The summed E-state index contributed by atoms with van der Waals surface area (Å²) in [5, 5.41) is 22.0. The molecule has 0 fully saturated rings. The van der Waals surface area contributed by atoms with Crippen LogP contribution in [0.1, 0.15) is 11.3 Å². The zero-order chi connectivity index (χ0) is 27.6. The van der Waals surface area contributed by atoms with Crippen LogP contribution in [0, 0.1) is 11.6 Å². The molecule has 0 aliphatic carbocycles. The van der Waals surface area contributed by atoms with Crippen molar-refractivity contribution < 1.29 is 23.2 Å². The smallest absolute Gasteiger partial charge is 0.326 e. The van der Waals surface area contributed by atoms with Crippen LogP contribution in [0.4, 0.5) is 14.6 Å². The molecular weight excluding hydrogens is 520 g/mol. The average Bonchev–Trinajstić information content (AvgIpc) is 3.70.